The second kappa shape index (κ2) is 2.60. The van der Waals surface area contributed by atoms with Crippen molar-refractivity contribution < 1.29 is 5.11 Å². The Morgan fingerprint density at radius 1 is 1.46 bits per heavy atom. The van der Waals surface area contributed by atoms with Gasteiger partial charge in [-0.15, -0.1) is 0 Å². The lowest BCUT2D eigenvalue weighted by molar-refractivity contribution is -0.0668. The predicted molar refractivity (Wildman–Crippen MR) is 54.3 cm³/mol. The van der Waals surface area contributed by atoms with Crippen LogP contribution in [0.25, 0.3) is 0 Å². The van der Waals surface area contributed by atoms with Crippen LogP contribution >= 0.6 is 0 Å². The monoisotopic (exact) mass is 180 g/mol. The van der Waals surface area contributed by atoms with Crippen molar-refractivity contribution in [3.05, 3.63) is 12.2 Å². The Hall–Kier alpha value is -0.300. The molecule has 3 aliphatic carbocycles. The first-order chi connectivity index (χ1) is 5.94. The van der Waals surface area contributed by atoms with Crippen LogP contribution in [0.3, 0.4) is 0 Å². The third kappa shape index (κ3) is 1.10. The molecule has 0 aromatic carbocycles. The van der Waals surface area contributed by atoms with Gasteiger partial charge in [0.2, 0.25) is 0 Å². The standard InChI is InChI=1S/C12H20O/c1-7-10(8(2)13)5-9-6-11(7)12(9,3)4/h8-11,13H,1,5-6H2,2-4H3/t8-,9+,10+,11+/m1/s1. The summed E-state index contributed by atoms with van der Waals surface area (Å²) in [4.78, 5) is 0. The molecule has 0 spiro atoms. The van der Waals surface area contributed by atoms with E-state index in [9.17, 15) is 5.11 Å². The largest absolute Gasteiger partial charge is 0.393 e. The summed E-state index contributed by atoms with van der Waals surface area (Å²) < 4.78 is 0. The minimum Gasteiger partial charge on any atom is -0.393 e. The highest BCUT2D eigenvalue weighted by molar-refractivity contribution is 5.23. The van der Waals surface area contributed by atoms with Crippen LogP contribution in [-0.4, -0.2) is 11.2 Å². The summed E-state index contributed by atoms with van der Waals surface area (Å²) in [6, 6.07) is 0. The van der Waals surface area contributed by atoms with Gasteiger partial charge in [0.05, 0.1) is 6.10 Å². The van der Waals surface area contributed by atoms with Gasteiger partial charge in [-0.1, -0.05) is 26.0 Å². The number of hydrogen-bond acceptors (Lipinski definition) is 1. The highest BCUT2D eigenvalue weighted by Gasteiger charge is 2.55. The Morgan fingerprint density at radius 2 is 2.08 bits per heavy atom. The van der Waals surface area contributed by atoms with E-state index in [1.165, 1.54) is 12.0 Å². The summed E-state index contributed by atoms with van der Waals surface area (Å²) in [7, 11) is 0. The molecule has 0 amide bonds. The molecule has 74 valence electrons. The molecule has 3 aliphatic rings. The Labute approximate surface area is 80.8 Å². The summed E-state index contributed by atoms with van der Waals surface area (Å²) >= 11 is 0. The van der Waals surface area contributed by atoms with Crippen molar-refractivity contribution in [3.8, 4) is 0 Å². The van der Waals surface area contributed by atoms with Gasteiger partial charge >= 0.3 is 0 Å². The highest BCUT2D eigenvalue weighted by atomic mass is 16.3. The normalized spacial score (nSPS) is 44.0. The van der Waals surface area contributed by atoms with E-state index >= 15 is 0 Å². The lowest BCUT2D eigenvalue weighted by atomic mass is 9.45. The minimum atomic E-state index is -0.200. The average Bonchev–Trinajstić information content (AvgIpc) is 2.02. The number of fused-ring (bicyclic) bond motifs is 2. The smallest absolute Gasteiger partial charge is 0.0577 e. The van der Waals surface area contributed by atoms with Crippen molar-refractivity contribution in [1.29, 1.82) is 0 Å². The lowest BCUT2D eigenvalue weighted by Gasteiger charge is -2.60. The van der Waals surface area contributed by atoms with E-state index in [4.69, 9.17) is 0 Å². The molecule has 1 N–H and O–H groups in total. The van der Waals surface area contributed by atoms with Crippen LogP contribution < -0.4 is 0 Å². The summed E-state index contributed by atoms with van der Waals surface area (Å²) in [5, 5.41) is 9.60. The first-order valence-corrected chi connectivity index (χ1v) is 5.31. The Balaban J connectivity index is 2.17. The first kappa shape index (κ1) is 9.26. The second-order valence-corrected chi connectivity index (χ2v) is 5.46. The summed E-state index contributed by atoms with van der Waals surface area (Å²) in [5.41, 5.74) is 1.77. The van der Waals surface area contributed by atoms with Gasteiger partial charge in [-0.05, 0) is 37.0 Å². The lowest BCUT2D eigenvalue weighted by Crippen LogP contribution is -2.53. The molecule has 2 bridgehead atoms. The molecule has 3 fully saturated rings. The SMILES string of the molecule is C=C1[C@@H]([C@@H](C)O)C[C@H]2C[C@@H]1C2(C)C. The molecule has 0 heterocycles. The molecule has 4 atom stereocenters. The first-order valence-electron chi connectivity index (χ1n) is 5.31. The van der Waals surface area contributed by atoms with Crippen LogP contribution in [0.1, 0.15) is 33.6 Å². The van der Waals surface area contributed by atoms with Gasteiger partial charge < -0.3 is 5.11 Å². The van der Waals surface area contributed by atoms with E-state index in [0.717, 1.165) is 12.3 Å². The summed E-state index contributed by atoms with van der Waals surface area (Å²) in [6.07, 6.45) is 2.27. The molecular formula is C12H20O. The van der Waals surface area contributed by atoms with Crippen LogP contribution in [0.2, 0.25) is 0 Å². The topological polar surface area (TPSA) is 20.2 Å². The van der Waals surface area contributed by atoms with Gasteiger partial charge in [0, 0.05) is 5.92 Å². The van der Waals surface area contributed by atoms with Gasteiger partial charge in [0.1, 0.15) is 0 Å². The van der Waals surface area contributed by atoms with Gasteiger partial charge in [-0.3, -0.25) is 0 Å². The quantitative estimate of drug-likeness (QED) is 0.615. The molecule has 1 heteroatoms. The van der Waals surface area contributed by atoms with Crippen LogP contribution in [0, 0.1) is 23.2 Å². The zero-order chi connectivity index (χ0) is 9.80. The van der Waals surface area contributed by atoms with Crippen molar-refractivity contribution in [3.63, 3.8) is 0 Å². The molecule has 0 unspecified atom stereocenters. The molecular weight excluding hydrogens is 160 g/mol. The second-order valence-electron chi connectivity index (χ2n) is 5.46. The fourth-order valence-electron chi connectivity index (χ4n) is 3.27. The van der Waals surface area contributed by atoms with Crippen LogP contribution in [0.5, 0.6) is 0 Å². The fourth-order valence-corrected chi connectivity index (χ4v) is 3.27. The number of rotatable bonds is 1. The van der Waals surface area contributed by atoms with Crippen molar-refractivity contribution in [2.75, 3.05) is 0 Å². The molecule has 0 saturated heterocycles. The Kier molecular flexibility index (Phi) is 1.85. The van der Waals surface area contributed by atoms with E-state index in [1.807, 2.05) is 6.92 Å². The van der Waals surface area contributed by atoms with E-state index in [0.29, 0.717) is 17.3 Å². The number of hydrogen-bond donors (Lipinski definition) is 1. The fraction of sp³-hybridized carbons (Fsp3) is 0.833. The van der Waals surface area contributed by atoms with Crippen molar-refractivity contribution in [1.82, 2.24) is 0 Å². The van der Waals surface area contributed by atoms with Gasteiger partial charge in [0.25, 0.3) is 0 Å². The van der Waals surface area contributed by atoms with Crippen molar-refractivity contribution in [2.24, 2.45) is 23.2 Å². The number of aliphatic hydroxyl groups excluding tert-OH is 1. The Bertz CT molecular complexity index is 236. The maximum Gasteiger partial charge on any atom is 0.0577 e. The molecule has 0 aromatic heterocycles. The molecule has 3 rings (SSSR count). The van der Waals surface area contributed by atoms with Gasteiger partial charge in [0.15, 0.2) is 0 Å². The van der Waals surface area contributed by atoms with E-state index in [2.05, 4.69) is 20.4 Å². The van der Waals surface area contributed by atoms with Crippen LogP contribution in [-0.2, 0) is 0 Å². The molecule has 0 radical (unpaired) electrons. The van der Waals surface area contributed by atoms with Crippen molar-refractivity contribution in [2.45, 2.75) is 39.7 Å². The van der Waals surface area contributed by atoms with Crippen molar-refractivity contribution >= 4 is 0 Å². The third-order valence-electron chi connectivity index (χ3n) is 4.52. The van der Waals surface area contributed by atoms with Gasteiger partial charge in [-0.25, -0.2) is 0 Å². The average molecular weight is 180 g/mol. The Morgan fingerprint density at radius 3 is 2.46 bits per heavy atom. The predicted octanol–water partition coefficient (Wildman–Crippen LogP) is 2.61. The minimum absolute atomic E-state index is 0.200. The van der Waals surface area contributed by atoms with Crippen LogP contribution in [0.4, 0.5) is 0 Å². The highest BCUT2D eigenvalue weighted by Crippen LogP contribution is 2.62. The molecule has 3 saturated carbocycles. The zero-order valence-corrected chi connectivity index (χ0v) is 8.88. The zero-order valence-electron chi connectivity index (χ0n) is 8.88. The summed E-state index contributed by atoms with van der Waals surface area (Å²) in [5.74, 6) is 1.87. The summed E-state index contributed by atoms with van der Waals surface area (Å²) in [6.45, 7) is 10.8. The van der Waals surface area contributed by atoms with E-state index < -0.39 is 0 Å². The molecule has 1 nitrogen and oxygen atoms in total. The van der Waals surface area contributed by atoms with E-state index in [1.54, 1.807) is 0 Å². The maximum atomic E-state index is 9.60. The van der Waals surface area contributed by atoms with Gasteiger partial charge in [-0.2, -0.15) is 0 Å². The molecule has 0 aliphatic heterocycles. The third-order valence-corrected chi connectivity index (χ3v) is 4.52. The molecule has 13 heavy (non-hydrogen) atoms. The van der Waals surface area contributed by atoms with Crippen LogP contribution in [0.15, 0.2) is 12.2 Å². The maximum absolute atomic E-state index is 9.60. The number of aliphatic hydroxyl groups is 1. The molecule has 0 aromatic rings. The van der Waals surface area contributed by atoms with E-state index in [-0.39, 0.29) is 6.10 Å².